The van der Waals surface area contributed by atoms with Gasteiger partial charge in [0.15, 0.2) is 0 Å². The summed E-state index contributed by atoms with van der Waals surface area (Å²) in [6, 6.07) is 23.2. The molecule has 0 aliphatic carbocycles. The molecular formula is C30H34F2O7S2. The van der Waals surface area contributed by atoms with E-state index in [1.54, 1.807) is 91.9 Å². The van der Waals surface area contributed by atoms with Gasteiger partial charge < -0.3 is 14.2 Å². The summed E-state index contributed by atoms with van der Waals surface area (Å²) in [4.78, 5) is 12.8. The lowest BCUT2D eigenvalue weighted by Gasteiger charge is -2.40. The molecule has 0 aliphatic rings. The first-order valence-corrected chi connectivity index (χ1v) is 15.7. The molecule has 0 amide bonds. The number of carbonyl (C=O) groups is 1. The molecule has 0 unspecified atom stereocenters. The lowest BCUT2D eigenvalue weighted by Crippen LogP contribution is -2.36. The molecular weight excluding hydrogens is 574 g/mol. The van der Waals surface area contributed by atoms with E-state index in [0.29, 0.717) is 20.4 Å². The van der Waals surface area contributed by atoms with Gasteiger partial charge in [0.25, 0.3) is 0 Å². The number of esters is 1. The highest BCUT2D eigenvalue weighted by atomic mass is 32.3. The molecule has 0 radical (unpaired) electrons. The summed E-state index contributed by atoms with van der Waals surface area (Å²) in [6.45, 7) is 8.50. The van der Waals surface area contributed by atoms with E-state index < -0.39 is 50.5 Å². The van der Waals surface area contributed by atoms with Gasteiger partial charge in [-0.25, -0.2) is 8.42 Å². The summed E-state index contributed by atoms with van der Waals surface area (Å²) in [5, 5.41) is -4.47. The van der Waals surface area contributed by atoms with Crippen LogP contribution in [0.5, 0.6) is 5.75 Å². The number of ether oxygens (including phenoxy) is 3. The Morgan fingerprint density at radius 3 is 1.78 bits per heavy atom. The quantitative estimate of drug-likeness (QED) is 0.151. The smallest absolute Gasteiger partial charge is 0.393 e. The summed E-state index contributed by atoms with van der Waals surface area (Å²) in [7, 11) is -8.89. The van der Waals surface area contributed by atoms with Gasteiger partial charge in [-0.05, 0) is 86.5 Å². The molecule has 0 aromatic heterocycles. The molecule has 0 aliphatic heterocycles. The molecule has 3 rings (SSSR count). The zero-order chi connectivity index (χ0) is 30.3. The molecule has 0 saturated carbocycles. The first kappa shape index (κ1) is 32.3. The van der Waals surface area contributed by atoms with Crippen molar-refractivity contribution >= 4 is 26.4 Å². The third-order valence-electron chi connectivity index (χ3n) is 5.40. The summed E-state index contributed by atoms with van der Waals surface area (Å²) >= 11 is 0. The van der Waals surface area contributed by atoms with E-state index in [1.165, 1.54) is 0 Å². The van der Waals surface area contributed by atoms with Gasteiger partial charge in [-0.15, -0.1) is 0 Å². The van der Waals surface area contributed by atoms with E-state index in [4.69, 9.17) is 17.8 Å². The number of carbonyl (C=O) groups excluding carboxylic acids is 1. The van der Waals surface area contributed by atoms with Crippen LogP contribution in [-0.4, -0.2) is 45.1 Å². The standard InChI is InChI=1S/C30H34F2O7S2/c1-6-37-28(33)23(2)21-36-22-30(31,32)41(34,35)39-40(25-13-9-7-10-14-25,26-15-11-8-12-16-26)27-19-17-24(18-20-27)38-29(3,4)5/h7-20H,2,6,21-22H2,1,3-5H3. The molecule has 0 heterocycles. The first-order chi connectivity index (χ1) is 19.2. The molecule has 7 nitrogen and oxygen atoms in total. The molecule has 0 saturated heterocycles. The Kier molecular flexibility index (Phi) is 10.4. The van der Waals surface area contributed by atoms with Crippen molar-refractivity contribution in [1.82, 2.24) is 0 Å². The lowest BCUT2D eigenvalue weighted by atomic mass is 10.2. The van der Waals surface area contributed by atoms with Crippen LogP contribution in [0.4, 0.5) is 8.78 Å². The first-order valence-electron chi connectivity index (χ1n) is 12.7. The number of hydrogen-bond donors (Lipinski definition) is 0. The van der Waals surface area contributed by atoms with E-state index >= 15 is 8.78 Å². The molecule has 0 fully saturated rings. The summed E-state index contributed by atoms with van der Waals surface area (Å²) in [5.74, 6) is -0.315. The number of rotatable bonds is 13. The number of hydrogen-bond acceptors (Lipinski definition) is 7. The highest BCUT2D eigenvalue weighted by molar-refractivity contribution is 8.33. The average molecular weight is 609 g/mol. The SMILES string of the molecule is C=C(COCC(F)(F)S(=O)(=O)OS(c1ccccc1)(c1ccccc1)c1ccc(OC(C)(C)C)cc1)C(=O)OCC. The highest BCUT2D eigenvalue weighted by Gasteiger charge is 2.52. The van der Waals surface area contributed by atoms with Crippen LogP contribution >= 0.6 is 10.3 Å². The van der Waals surface area contributed by atoms with Crippen molar-refractivity contribution in [3.63, 3.8) is 0 Å². The van der Waals surface area contributed by atoms with Gasteiger partial charge in [-0.2, -0.15) is 17.2 Å². The maximum atomic E-state index is 15.3. The molecule has 3 aromatic rings. The van der Waals surface area contributed by atoms with Crippen molar-refractivity contribution in [3.05, 3.63) is 97.1 Å². The second kappa shape index (κ2) is 13.2. The van der Waals surface area contributed by atoms with Gasteiger partial charge in [-0.3, -0.25) is 0 Å². The molecule has 0 N–H and O–H groups in total. The number of alkyl halides is 2. The fourth-order valence-corrected chi connectivity index (χ4v) is 8.70. The molecule has 3 aromatic carbocycles. The summed E-state index contributed by atoms with van der Waals surface area (Å²) in [6.07, 6.45) is 0. The van der Waals surface area contributed by atoms with Gasteiger partial charge in [0, 0.05) is 14.7 Å². The van der Waals surface area contributed by atoms with Crippen molar-refractivity contribution in [2.75, 3.05) is 19.8 Å². The Balaban J connectivity index is 2.07. The molecule has 0 bridgehead atoms. The number of benzene rings is 3. The zero-order valence-corrected chi connectivity index (χ0v) is 25.0. The zero-order valence-electron chi connectivity index (χ0n) is 23.3. The van der Waals surface area contributed by atoms with E-state index in [0.717, 1.165) is 0 Å². The van der Waals surface area contributed by atoms with Gasteiger partial charge in [0.1, 0.15) is 18.0 Å². The van der Waals surface area contributed by atoms with E-state index in [-0.39, 0.29) is 12.2 Å². The highest BCUT2D eigenvalue weighted by Crippen LogP contribution is 2.70. The lowest BCUT2D eigenvalue weighted by molar-refractivity contribution is -0.139. The predicted molar refractivity (Wildman–Crippen MR) is 154 cm³/mol. The Hall–Kier alpha value is -3.25. The normalized spacial score (nSPS) is 12.9. The van der Waals surface area contributed by atoms with E-state index in [2.05, 4.69) is 6.58 Å². The van der Waals surface area contributed by atoms with Crippen molar-refractivity contribution in [2.24, 2.45) is 0 Å². The molecule has 11 heteroatoms. The molecule has 0 spiro atoms. The predicted octanol–water partition coefficient (Wildman–Crippen LogP) is 7.14. The maximum Gasteiger partial charge on any atom is 0.393 e. The third kappa shape index (κ3) is 7.94. The molecule has 41 heavy (non-hydrogen) atoms. The topological polar surface area (TPSA) is 88.1 Å². The van der Waals surface area contributed by atoms with Crippen LogP contribution in [0.25, 0.3) is 0 Å². The van der Waals surface area contributed by atoms with Gasteiger partial charge in [0.05, 0.1) is 18.8 Å². The summed E-state index contributed by atoms with van der Waals surface area (Å²) < 4.78 is 78.7. The number of halogens is 2. The molecule has 0 atom stereocenters. The minimum absolute atomic E-state index is 0.0589. The van der Waals surface area contributed by atoms with Crippen molar-refractivity contribution < 1.29 is 39.8 Å². The average Bonchev–Trinajstić information content (AvgIpc) is 2.92. The Morgan fingerprint density at radius 2 is 1.32 bits per heavy atom. The molecule has 222 valence electrons. The van der Waals surface area contributed by atoms with Crippen LogP contribution in [0.15, 0.2) is 112 Å². The fourth-order valence-electron chi connectivity index (χ4n) is 3.64. The van der Waals surface area contributed by atoms with Crippen LogP contribution < -0.4 is 4.74 Å². The second-order valence-corrected chi connectivity index (χ2v) is 14.4. The Labute approximate surface area is 241 Å². The Bertz CT molecular complexity index is 1380. The second-order valence-electron chi connectivity index (χ2n) is 9.84. The fraction of sp³-hybridized carbons (Fsp3) is 0.300. The maximum absolute atomic E-state index is 15.3. The monoisotopic (exact) mass is 608 g/mol. The van der Waals surface area contributed by atoms with Gasteiger partial charge >= 0.3 is 21.3 Å². The van der Waals surface area contributed by atoms with Crippen molar-refractivity contribution in [1.29, 1.82) is 0 Å². The van der Waals surface area contributed by atoms with Gasteiger partial charge in [0.2, 0.25) is 0 Å². The van der Waals surface area contributed by atoms with Crippen LogP contribution in [0.2, 0.25) is 0 Å². The van der Waals surface area contributed by atoms with Crippen LogP contribution in [-0.2, 0) is 28.0 Å². The minimum Gasteiger partial charge on any atom is -0.488 e. The summed E-state index contributed by atoms with van der Waals surface area (Å²) in [5.41, 5.74) is -0.725. The van der Waals surface area contributed by atoms with Crippen molar-refractivity contribution in [3.8, 4) is 5.75 Å². The largest absolute Gasteiger partial charge is 0.488 e. The van der Waals surface area contributed by atoms with E-state index in [9.17, 15) is 13.2 Å². The minimum atomic E-state index is -5.63. The van der Waals surface area contributed by atoms with Crippen LogP contribution in [0.3, 0.4) is 0 Å². The third-order valence-corrected chi connectivity index (χ3v) is 10.6. The van der Waals surface area contributed by atoms with Crippen LogP contribution in [0.1, 0.15) is 27.7 Å². The van der Waals surface area contributed by atoms with E-state index in [1.807, 2.05) is 20.8 Å². The van der Waals surface area contributed by atoms with Gasteiger partial charge in [-0.1, -0.05) is 43.0 Å². The van der Waals surface area contributed by atoms with Crippen LogP contribution in [0, 0.1) is 0 Å². The van der Waals surface area contributed by atoms with Crippen molar-refractivity contribution in [2.45, 2.75) is 53.2 Å². The Morgan fingerprint density at radius 1 is 0.829 bits per heavy atom.